The number of unbranched alkanes of at least 4 members (excludes halogenated alkanes) is 14. The van der Waals surface area contributed by atoms with Gasteiger partial charge in [0.25, 0.3) is 0 Å². The van der Waals surface area contributed by atoms with Crippen molar-refractivity contribution in [1.82, 2.24) is 5.48 Å². The van der Waals surface area contributed by atoms with Gasteiger partial charge in [0.15, 0.2) is 0 Å². The maximum Gasteiger partial charge on any atom is 0.0291 e. The van der Waals surface area contributed by atoms with E-state index in [9.17, 15) is 0 Å². The van der Waals surface area contributed by atoms with Crippen molar-refractivity contribution in [2.45, 2.75) is 123 Å². The highest BCUT2D eigenvalue weighted by Crippen LogP contribution is 2.13. The quantitative estimate of drug-likeness (QED) is 0.234. The molecule has 0 aromatic heterocycles. The first-order valence-corrected chi connectivity index (χ1v) is 9.70. The fourth-order valence-corrected chi connectivity index (χ4v) is 2.89. The van der Waals surface area contributed by atoms with E-state index in [4.69, 9.17) is 5.21 Å². The lowest BCUT2D eigenvalue weighted by atomic mass is 10.0. The Morgan fingerprint density at radius 2 is 0.952 bits per heavy atom. The maximum atomic E-state index is 8.70. The molecule has 2 heteroatoms. The minimum absolute atomic E-state index is 0.256. The summed E-state index contributed by atoms with van der Waals surface area (Å²) >= 11 is 0. The van der Waals surface area contributed by atoms with Crippen molar-refractivity contribution in [3.05, 3.63) is 0 Å². The fourth-order valence-electron chi connectivity index (χ4n) is 2.89. The van der Waals surface area contributed by atoms with Gasteiger partial charge in [-0.25, -0.2) is 5.48 Å². The Labute approximate surface area is 134 Å². The van der Waals surface area contributed by atoms with Crippen LogP contribution in [0.25, 0.3) is 0 Å². The van der Waals surface area contributed by atoms with Crippen LogP contribution in [0.5, 0.6) is 0 Å². The predicted octanol–water partition coefficient (Wildman–Crippen LogP) is 6.62. The second-order valence-electron chi connectivity index (χ2n) is 6.77. The molecular weight excluding hydrogens is 258 g/mol. The molecule has 0 radical (unpaired) electrons. The molecule has 0 aliphatic rings. The Balaban J connectivity index is 2.96. The van der Waals surface area contributed by atoms with E-state index in [0.29, 0.717) is 0 Å². The van der Waals surface area contributed by atoms with Gasteiger partial charge in [-0.2, -0.15) is 0 Å². The van der Waals surface area contributed by atoms with Gasteiger partial charge in [0.2, 0.25) is 0 Å². The van der Waals surface area contributed by atoms with Gasteiger partial charge in [-0.3, -0.25) is 0 Å². The largest absolute Gasteiger partial charge is 0.317 e. The smallest absolute Gasteiger partial charge is 0.0291 e. The molecule has 1 atom stereocenters. The number of hydrogen-bond acceptors (Lipinski definition) is 2. The van der Waals surface area contributed by atoms with Crippen molar-refractivity contribution in [1.29, 1.82) is 0 Å². The van der Waals surface area contributed by atoms with E-state index in [1.165, 1.54) is 96.3 Å². The molecular formula is C19H41NO. The van der Waals surface area contributed by atoms with E-state index in [1.807, 2.05) is 6.92 Å². The van der Waals surface area contributed by atoms with Gasteiger partial charge >= 0.3 is 0 Å². The second-order valence-corrected chi connectivity index (χ2v) is 6.77. The highest BCUT2D eigenvalue weighted by molar-refractivity contribution is 4.55. The predicted molar refractivity (Wildman–Crippen MR) is 93.9 cm³/mol. The van der Waals surface area contributed by atoms with E-state index in [1.54, 1.807) is 0 Å². The molecule has 0 spiro atoms. The molecule has 0 saturated heterocycles. The minimum atomic E-state index is 0.256. The van der Waals surface area contributed by atoms with E-state index in [-0.39, 0.29) is 6.04 Å². The third kappa shape index (κ3) is 17.9. The van der Waals surface area contributed by atoms with Crippen LogP contribution in [0.1, 0.15) is 117 Å². The third-order valence-corrected chi connectivity index (χ3v) is 4.46. The van der Waals surface area contributed by atoms with Gasteiger partial charge in [-0.1, -0.05) is 103 Å². The summed E-state index contributed by atoms with van der Waals surface area (Å²) in [6, 6.07) is 0.256. The molecule has 0 aliphatic heterocycles. The molecule has 2 nitrogen and oxygen atoms in total. The summed E-state index contributed by atoms with van der Waals surface area (Å²) in [7, 11) is 0. The molecule has 0 heterocycles. The van der Waals surface area contributed by atoms with Gasteiger partial charge in [0.05, 0.1) is 0 Å². The Morgan fingerprint density at radius 1 is 0.619 bits per heavy atom. The first-order chi connectivity index (χ1) is 10.3. The first kappa shape index (κ1) is 20.9. The molecule has 0 bridgehead atoms. The molecule has 0 aromatic carbocycles. The Morgan fingerprint density at radius 3 is 1.29 bits per heavy atom. The molecule has 0 rings (SSSR count). The average Bonchev–Trinajstić information content (AvgIpc) is 2.50. The average molecular weight is 300 g/mol. The molecule has 128 valence electrons. The second kappa shape index (κ2) is 18.0. The Hall–Kier alpha value is -0.0800. The van der Waals surface area contributed by atoms with Crippen molar-refractivity contribution in [3.63, 3.8) is 0 Å². The molecule has 0 saturated carbocycles. The summed E-state index contributed by atoms with van der Waals surface area (Å²) in [6.07, 6.45) is 22.2. The summed E-state index contributed by atoms with van der Waals surface area (Å²) in [5, 5.41) is 8.70. The van der Waals surface area contributed by atoms with Crippen LogP contribution in [-0.4, -0.2) is 11.2 Å². The Bertz CT molecular complexity index is 184. The van der Waals surface area contributed by atoms with Crippen LogP contribution in [-0.2, 0) is 0 Å². The van der Waals surface area contributed by atoms with Gasteiger partial charge in [0, 0.05) is 6.04 Å². The summed E-state index contributed by atoms with van der Waals surface area (Å²) in [4.78, 5) is 0. The van der Waals surface area contributed by atoms with Crippen LogP contribution in [0.2, 0.25) is 0 Å². The molecule has 21 heavy (non-hydrogen) atoms. The topological polar surface area (TPSA) is 32.3 Å². The monoisotopic (exact) mass is 299 g/mol. The minimum Gasteiger partial charge on any atom is -0.317 e. The number of hydroxylamine groups is 1. The summed E-state index contributed by atoms with van der Waals surface area (Å²) in [6.45, 7) is 4.32. The molecule has 0 fully saturated rings. The first-order valence-electron chi connectivity index (χ1n) is 9.70. The lowest BCUT2D eigenvalue weighted by Gasteiger charge is -2.07. The lowest BCUT2D eigenvalue weighted by molar-refractivity contribution is 0.127. The number of nitrogens with one attached hydrogen (secondary N) is 1. The van der Waals surface area contributed by atoms with E-state index >= 15 is 0 Å². The highest BCUT2D eigenvalue weighted by atomic mass is 16.5. The van der Waals surface area contributed by atoms with Gasteiger partial charge < -0.3 is 5.21 Å². The fraction of sp³-hybridized carbons (Fsp3) is 1.00. The van der Waals surface area contributed by atoms with Crippen LogP contribution >= 0.6 is 0 Å². The van der Waals surface area contributed by atoms with Crippen LogP contribution in [0.4, 0.5) is 0 Å². The summed E-state index contributed by atoms with van der Waals surface area (Å²) < 4.78 is 0. The molecule has 2 N–H and O–H groups in total. The number of hydrogen-bond donors (Lipinski definition) is 2. The molecule has 0 aromatic rings. The third-order valence-electron chi connectivity index (χ3n) is 4.46. The van der Waals surface area contributed by atoms with E-state index < -0.39 is 0 Å². The van der Waals surface area contributed by atoms with Crippen molar-refractivity contribution in [2.75, 3.05) is 0 Å². The van der Waals surface area contributed by atoms with Gasteiger partial charge in [-0.15, -0.1) is 0 Å². The number of rotatable bonds is 17. The van der Waals surface area contributed by atoms with Crippen LogP contribution in [0.3, 0.4) is 0 Å². The van der Waals surface area contributed by atoms with Crippen LogP contribution < -0.4 is 5.48 Å². The zero-order chi connectivity index (χ0) is 15.6. The van der Waals surface area contributed by atoms with Crippen LogP contribution in [0.15, 0.2) is 0 Å². The van der Waals surface area contributed by atoms with Crippen LogP contribution in [0, 0.1) is 0 Å². The molecule has 0 aliphatic carbocycles. The van der Waals surface area contributed by atoms with Crippen molar-refractivity contribution in [2.24, 2.45) is 0 Å². The SMILES string of the molecule is CCCCCCCCCCCCCCCCCC(C)NO. The van der Waals surface area contributed by atoms with Crippen molar-refractivity contribution >= 4 is 0 Å². The van der Waals surface area contributed by atoms with Gasteiger partial charge in [0.1, 0.15) is 0 Å². The van der Waals surface area contributed by atoms with E-state index in [2.05, 4.69) is 12.4 Å². The van der Waals surface area contributed by atoms with Gasteiger partial charge in [-0.05, 0) is 13.3 Å². The Kier molecular flexibility index (Phi) is 17.9. The maximum absolute atomic E-state index is 8.70. The van der Waals surface area contributed by atoms with E-state index in [0.717, 1.165) is 6.42 Å². The molecule has 0 amide bonds. The normalized spacial score (nSPS) is 12.7. The zero-order valence-corrected chi connectivity index (χ0v) is 14.8. The standard InChI is InChI=1S/C19H41NO/c1-3-4-5-6-7-8-9-10-11-12-13-14-15-16-17-18-19(2)20-21/h19-21H,3-18H2,1-2H3. The van der Waals surface area contributed by atoms with Crippen molar-refractivity contribution in [3.8, 4) is 0 Å². The molecule has 1 unspecified atom stereocenters. The van der Waals surface area contributed by atoms with Crippen molar-refractivity contribution < 1.29 is 5.21 Å². The summed E-state index contributed by atoms with van der Waals surface area (Å²) in [5.74, 6) is 0. The highest BCUT2D eigenvalue weighted by Gasteiger charge is 1.98. The lowest BCUT2D eigenvalue weighted by Crippen LogP contribution is -2.21. The summed E-state index contributed by atoms with van der Waals surface area (Å²) in [5.41, 5.74) is 2.31. The zero-order valence-electron chi connectivity index (χ0n) is 14.8.